The number of isocyanates is 1. The molecule has 0 fully saturated rings. The van der Waals surface area contributed by atoms with Crippen molar-refractivity contribution in [2.75, 3.05) is 0 Å². The molecule has 0 amide bonds. The number of carbonyl (C=O) groups excluding carboxylic acids is 1. The molecule has 0 aliphatic heterocycles. The summed E-state index contributed by atoms with van der Waals surface area (Å²) in [6.45, 7) is 0.263. The van der Waals surface area contributed by atoms with Gasteiger partial charge in [0.2, 0.25) is 6.08 Å². The number of nitrogens with zero attached hydrogens (tertiary/aromatic N) is 1. The molecule has 0 unspecified atom stereocenters. The Morgan fingerprint density at radius 2 is 2.36 bits per heavy atom. The Labute approximate surface area is 82.5 Å². The van der Waals surface area contributed by atoms with Crippen LogP contribution in [0.4, 0.5) is 0 Å². The second kappa shape index (κ2) is 3.57. The summed E-state index contributed by atoms with van der Waals surface area (Å²) in [4.78, 5) is 23.9. The van der Waals surface area contributed by atoms with Gasteiger partial charge >= 0.3 is 4.94 Å². The molecule has 2 rings (SSSR count). The van der Waals surface area contributed by atoms with Crippen LogP contribution in [0.1, 0.15) is 5.56 Å². The average Bonchev–Trinajstić information content (AvgIpc) is 2.54. The highest BCUT2D eigenvalue weighted by Crippen LogP contribution is 2.18. The minimum atomic E-state index is -0.323. The molecule has 0 saturated heterocycles. The van der Waals surface area contributed by atoms with Crippen molar-refractivity contribution in [3.05, 3.63) is 33.5 Å². The fourth-order valence-electron chi connectivity index (χ4n) is 1.14. The molecule has 0 N–H and O–H groups in total. The molecule has 4 nitrogen and oxygen atoms in total. The van der Waals surface area contributed by atoms with E-state index in [4.69, 9.17) is 4.42 Å². The Balaban J connectivity index is 2.50. The third kappa shape index (κ3) is 1.64. The maximum atomic E-state index is 10.9. The van der Waals surface area contributed by atoms with Crippen LogP contribution in [0.25, 0.3) is 10.3 Å². The van der Waals surface area contributed by atoms with Crippen LogP contribution in [0.3, 0.4) is 0 Å². The largest absolute Gasteiger partial charge is 0.414 e. The summed E-state index contributed by atoms with van der Waals surface area (Å²) in [5.74, 6) is 0. The SMILES string of the molecule is O=C=NCc1ccc2sc(=O)oc2c1. The van der Waals surface area contributed by atoms with Crippen LogP contribution in [0, 0.1) is 0 Å². The van der Waals surface area contributed by atoms with Gasteiger partial charge in [-0.2, -0.15) is 0 Å². The number of hydrogen-bond acceptors (Lipinski definition) is 5. The zero-order chi connectivity index (χ0) is 9.97. The Hall–Kier alpha value is -1.71. The van der Waals surface area contributed by atoms with Crippen molar-refractivity contribution in [1.82, 2.24) is 0 Å². The van der Waals surface area contributed by atoms with Crippen LogP contribution < -0.4 is 4.94 Å². The lowest BCUT2D eigenvalue weighted by atomic mass is 10.2. The topological polar surface area (TPSA) is 59.6 Å². The van der Waals surface area contributed by atoms with Crippen molar-refractivity contribution in [1.29, 1.82) is 0 Å². The molecule has 0 atom stereocenters. The van der Waals surface area contributed by atoms with Crippen molar-refractivity contribution in [2.45, 2.75) is 6.54 Å². The summed E-state index contributed by atoms with van der Waals surface area (Å²) < 4.78 is 5.71. The zero-order valence-electron chi connectivity index (χ0n) is 7.02. The van der Waals surface area contributed by atoms with E-state index in [1.807, 2.05) is 0 Å². The highest BCUT2D eigenvalue weighted by Gasteiger charge is 2.02. The van der Waals surface area contributed by atoms with Crippen molar-refractivity contribution in [3.63, 3.8) is 0 Å². The van der Waals surface area contributed by atoms with Crippen LogP contribution in [0.15, 0.2) is 32.4 Å². The van der Waals surface area contributed by atoms with Crippen LogP contribution in [-0.2, 0) is 11.3 Å². The monoisotopic (exact) mass is 207 g/mol. The van der Waals surface area contributed by atoms with Crippen LogP contribution in [0.5, 0.6) is 0 Å². The first-order chi connectivity index (χ1) is 6.79. The van der Waals surface area contributed by atoms with Gasteiger partial charge in [-0.3, -0.25) is 0 Å². The summed E-state index contributed by atoms with van der Waals surface area (Å²) in [5, 5.41) is 0. The van der Waals surface area contributed by atoms with Gasteiger partial charge in [0.05, 0.1) is 11.2 Å². The van der Waals surface area contributed by atoms with E-state index in [9.17, 15) is 9.59 Å². The molecular formula is C9H5NO3S. The smallest absolute Gasteiger partial charge is 0.396 e. The number of rotatable bonds is 2. The summed E-state index contributed by atoms with van der Waals surface area (Å²) in [5.41, 5.74) is 1.36. The molecule has 0 saturated carbocycles. The second-order valence-corrected chi connectivity index (χ2v) is 3.62. The average molecular weight is 207 g/mol. The van der Waals surface area contributed by atoms with Crippen molar-refractivity contribution in [3.8, 4) is 0 Å². The summed E-state index contributed by atoms with van der Waals surface area (Å²) in [7, 11) is 0. The Morgan fingerprint density at radius 1 is 1.50 bits per heavy atom. The summed E-state index contributed by atoms with van der Waals surface area (Å²) >= 11 is 1.05. The van der Waals surface area contributed by atoms with E-state index in [1.165, 1.54) is 6.08 Å². The third-order valence-electron chi connectivity index (χ3n) is 1.72. The molecule has 0 radical (unpaired) electrons. The van der Waals surface area contributed by atoms with E-state index in [0.29, 0.717) is 5.58 Å². The standard InChI is InChI=1S/C9H5NO3S/c11-5-10-4-6-1-2-8-7(3-6)13-9(12)14-8/h1-3H,4H2. The van der Waals surface area contributed by atoms with E-state index >= 15 is 0 Å². The van der Waals surface area contributed by atoms with E-state index in [2.05, 4.69) is 4.99 Å². The zero-order valence-corrected chi connectivity index (χ0v) is 7.84. The van der Waals surface area contributed by atoms with Crippen LogP contribution in [-0.4, -0.2) is 6.08 Å². The minimum Gasteiger partial charge on any atom is -0.414 e. The minimum absolute atomic E-state index is 0.263. The fourth-order valence-corrected chi connectivity index (χ4v) is 1.79. The van der Waals surface area contributed by atoms with Gasteiger partial charge in [-0.05, 0) is 17.7 Å². The Morgan fingerprint density at radius 3 is 3.14 bits per heavy atom. The molecule has 0 aliphatic carbocycles. The molecule has 2 aromatic rings. The maximum Gasteiger partial charge on any atom is 0.396 e. The maximum absolute atomic E-state index is 10.9. The first-order valence-corrected chi connectivity index (χ1v) is 4.67. The van der Waals surface area contributed by atoms with Gasteiger partial charge in [-0.15, -0.1) is 0 Å². The first-order valence-electron chi connectivity index (χ1n) is 3.86. The van der Waals surface area contributed by atoms with Crippen molar-refractivity contribution >= 4 is 27.7 Å². The van der Waals surface area contributed by atoms with Crippen LogP contribution in [0.2, 0.25) is 0 Å². The lowest BCUT2D eigenvalue weighted by molar-refractivity contribution is 0.562. The van der Waals surface area contributed by atoms with Crippen molar-refractivity contribution < 1.29 is 9.21 Å². The molecular weight excluding hydrogens is 202 g/mol. The van der Waals surface area contributed by atoms with Gasteiger partial charge in [-0.1, -0.05) is 17.4 Å². The van der Waals surface area contributed by atoms with E-state index in [0.717, 1.165) is 21.6 Å². The molecule has 0 aliphatic rings. The normalized spacial score (nSPS) is 10.0. The summed E-state index contributed by atoms with van der Waals surface area (Å²) in [6.07, 6.45) is 1.45. The number of fused-ring (bicyclic) bond motifs is 1. The quantitative estimate of drug-likeness (QED) is 0.556. The Kier molecular flexibility index (Phi) is 2.26. The Bertz CT molecular complexity index is 563. The fraction of sp³-hybridized carbons (Fsp3) is 0.111. The number of benzene rings is 1. The van der Waals surface area contributed by atoms with Gasteiger partial charge in [0, 0.05) is 0 Å². The van der Waals surface area contributed by atoms with Gasteiger partial charge < -0.3 is 4.42 Å². The molecule has 5 heteroatoms. The van der Waals surface area contributed by atoms with E-state index in [1.54, 1.807) is 18.2 Å². The van der Waals surface area contributed by atoms with Gasteiger partial charge in [0.1, 0.15) is 5.58 Å². The van der Waals surface area contributed by atoms with E-state index < -0.39 is 0 Å². The van der Waals surface area contributed by atoms with E-state index in [-0.39, 0.29) is 11.5 Å². The second-order valence-electron chi connectivity index (χ2n) is 2.64. The predicted octanol–water partition coefficient (Wildman–Crippen LogP) is 1.69. The molecule has 0 spiro atoms. The molecule has 1 heterocycles. The predicted molar refractivity (Wildman–Crippen MR) is 52.2 cm³/mol. The lowest BCUT2D eigenvalue weighted by Gasteiger charge is -1.92. The highest BCUT2D eigenvalue weighted by atomic mass is 32.1. The molecule has 70 valence electrons. The van der Waals surface area contributed by atoms with Gasteiger partial charge in [0.15, 0.2) is 0 Å². The van der Waals surface area contributed by atoms with Crippen LogP contribution >= 0.6 is 11.3 Å². The number of hydrogen-bond donors (Lipinski definition) is 0. The van der Waals surface area contributed by atoms with Crippen molar-refractivity contribution in [2.24, 2.45) is 4.99 Å². The summed E-state index contributed by atoms with van der Waals surface area (Å²) in [6, 6.07) is 5.28. The molecule has 1 aromatic carbocycles. The third-order valence-corrected chi connectivity index (χ3v) is 2.53. The first kappa shape index (κ1) is 8.87. The highest BCUT2D eigenvalue weighted by molar-refractivity contribution is 7.16. The lowest BCUT2D eigenvalue weighted by Crippen LogP contribution is -1.80. The number of aliphatic imine (C=N–C) groups is 1. The molecule has 1 aromatic heterocycles. The molecule has 0 bridgehead atoms. The van der Waals surface area contributed by atoms with Gasteiger partial charge in [-0.25, -0.2) is 14.6 Å². The van der Waals surface area contributed by atoms with Gasteiger partial charge in [0.25, 0.3) is 0 Å². The molecule has 14 heavy (non-hydrogen) atoms.